The van der Waals surface area contributed by atoms with E-state index in [9.17, 15) is 0 Å². The molecule has 120 valence electrons. The van der Waals surface area contributed by atoms with Crippen molar-refractivity contribution in [1.29, 1.82) is 0 Å². The standard InChI is InChI=1S/C14H15Cl4N3S/c1-13(2,3)8-5-4-6-9(15)11(8)19-7-10-20-21-12(22-10)14(16,17)18/h4-6,19H,7H2,1-3H3. The van der Waals surface area contributed by atoms with E-state index in [1.807, 2.05) is 12.1 Å². The first-order valence-corrected chi connectivity index (χ1v) is 8.84. The minimum atomic E-state index is -1.54. The number of benzene rings is 1. The van der Waals surface area contributed by atoms with Crippen molar-refractivity contribution in [2.24, 2.45) is 0 Å². The van der Waals surface area contributed by atoms with E-state index in [0.717, 1.165) is 16.3 Å². The third-order valence-corrected chi connectivity index (χ3v) is 5.18. The average molecular weight is 399 g/mol. The molecule has 1 aromatic carbocycles. The van der Waals surface area contributed by atoms with Gasteiger partial charge >= 0.3 is 0 Å². The molecule has 3 nitrogen and oxygen atoms in total. The molecule has 0 spiro atoms. The predicted molar refractivity (Wildman–Crippen MR) is 96.6 cm³/mol. The van der Waals surface area contributed by atoms with Gasteiger partial charge in [0.25, 0.3) is 0 Å². The number of alkyl halides is 3. The van der Waals surface area contributed by atoms with Crippen LogP contribution < -0.4 is 5.32 Å². The minimum Gasteiger partial charge on any atom is -0.377 e. The fourth-order valence-electron chi connectivity index (χ4n) is 1.93. The number of rotatable bonds is 3. The summed E-state index contributed by atoms with van der Waals surface area (Å²) in [5, 5.41) is 13.0. The van der Waals surface area contributed by atoms with E-state index >= 15 is 0 Å². The smallest absolute Gasteiger partial charge is 0.243 e. The second-order valence-corrected chi connectivity index (χ2v) is 9.52. The summed E-state index contributed by atoms with van der Waals surface area (Å²) in [5.41, 5.74) is 1.99. The molecule has 0 aliphatic carbocycles. The van der Waals surface area contributed by atoms with Crippen LogP contribution in [-0.4, -0.2) is 10.2 Å². The van der Waals surface area contributed by atoms with Crippen molar-refractivity contribution in [2.75, 3.05) is 5.32 Å². The van der Waals surface area contributed by atoms with Gasteiger partial charge in [-0.05, 0) is 17.0 Å². The Morgan fingerprint density at radius 3 is 2.36 bits per heavy atom. The van der Waals surface area contributed by atoms with Gasteiger partial charge in [-0.25, -0.2) is 0 Å². The molecule has 1 heterocycles. The number of hydrogen-bond acceptors (Lipinski definition) is 4. The Labute approximate surface area is 153 Å². The molecule has 1 N–H and O–H groups in total. The van der Waals surface area contributed by atoms with E-state index in [4.69, 9.17) is 46.4 Å². The Morgan fingerprint density at radius 1 is 1.14 bits per heavy atom. The highest BCUT2D eigenvalue weighted by Gasteiger charge is 2.28. The van der Waals surface area contributed by atoms with E-state index in [2.05, 4.69) is 42.4 Å². The van der Waals surface area contributed by atoms with Gasteiger partial charge < -0.3 is 5.32 Å². The number of nitrogens with zero attached hydrogens (tertiary/aromatic N) is 2. The number of para-hydroxylation sites is 1. The zero-order chi connectivity index (χ0) is 16.5. The van der Waals surface area contributed by atoms with E-state index < -0.39 is 3.79 Å². The van der Waals surface area contributed by atoms with E-state index in [0.29, 0.717) is 16.6 Å². The summed E-state index contributed by atoms with van der Waals surface area (Å²) in [5.74, 6) is 0. The van der Waals surface area contributed by atoms with Gasteiger partial charge in [0.1, 0.15) is 5.01 Å². The van der Waals surface area contributed by atoms with E-state index in [1.54, 1.807) is 0 Å². The lowest BCUT2D eigenvalue weighted by molar-refractivity contribution is 0.591. The molecule has 0 fully saturated rings. The topological polar surface area (TPSA) is 37.8 Å². The van der Waals surface area contributed by atoms with Crippen LogP contribution in [0.4, 0.5) is 5.69 Å². The zero-order valence-corrected chi connectivity index (χ0v) is 16.1. The molecule has 0 aliphatic rings. The van der Waals surface area contributed by atoms with Gasteiger partial charge in [0, 0.05) is 0 Å². The Bertz CT molecular complexity index is 659. The van der Waals surface area contributed by atoms with Crippen molar-refractivity contribution < 1.29 is 0 Å². The monoisotopic (exact) mass is 397 g/mol. The summed E-state index contributed by atoms with van der Waals surface area (Å²) in [4.78, 5) is 0. The van der Waals surface area contributed by atoms with Gasteiger partial charge in [-0.15, -0.1) is 10.2 Å². The summed E-state index contributed by atoms with van der Waals surface area (Å²) in [7, 11) is 0. The fraction of sp³-hybridized carbons (Fsp3) is 0.429. The van der Waals surface area contributed by atoms with Crippen molar-refractivity contribution in [2.45, 2.75) is 36.5 Å². The quantitative estimate of drug-likeness (QED) is 0.651. The SMILES string of the molecule is CC(C)(C)c1cccc(Cl)c1NCc1nnc(C(Cl)(Cl)Cl)s1. The van der Waals surface area contributed by atoms with Gasteiger partial charge in [0.15, 0.2) is 5.01 Å². The third-order valence-electron chi connectivity index (χ3n) is 2.95. The zero-order valence-electron chi connectivity index (χ0n) is 12.3. The molecule has 0 unspecified atom stereocenters. The maximum Gasteiger partial charge on any atom is 0.243 e. The molecule has 0 saturated heterocycles. The van der Waals surface area contributed by atoms with E-state index in [-0.39, 0.29) is 5.41 Å². The number of halogens is 4. The lowest BCUT2D eigenvalue weighted by atomic mass is 9.86. The van der Waals surface area contributed by atoms with Crippen LogP contribution in [0.25, 0.3) is 0 Å². The maximum atomic E-state index is 6.32. The van der Waals surface area contributed by atoms with Crippen LogP contribution in [0.1, 0.15) is 36.3 Å². The molecule has 0 bridgehead atoms. The molecule has 0 amide bonds. The number of hydrogen-bond donors (Lipinski definition) is 1. The second kappa shape index (κ2) is 6.70. The maximum absolute atomic E-state index is 6.32. The molecule has 0 aliphatic heterocycles. The first-order valence-electron chi connectivity index (χ1n) is 6.51. The number of aromatic nitrogens is 2. The highest BCUT2D eigenvalue weighted by atomic mass is 35.6. The first kappa shape index (κ1) is 18.1. The fourth-order valence-corrected chi connectivity index (χ4v) is 3.28. The van der Waals surface area contributed by atoms with Crippen LogP contribution in [0.3, 0.4) is 0 Å². The second-order valence-electron chi connectivity index (χ2n) is 5.76. The first-order chi connectivity index (χ1) is 10.1. The van der Waals surface area contributed by atoms with Crippen LogP contribution >= 0.6 is 57.7 Å². The number of nitrogens with one attached hydrogen (secondary N) is 1. The Kier molecular flexibility index (Phi) is 5.50. The number of anilines is 1. The average Bonchev–Trinajstić information content (AvgIpc) is 2.84. The third kappa shape index (κ3) is 4.39. The van der Waals surface area contributed by atoms with Gasteiger partial charge in [0.05, 0.1) is 17.3 Å². The summed E-state index contributed by atoms with van der Waals surface area (Å²) < 4.78 is -1.54. The lowest BCUT2D eigenvalue weighted by Gasteiger charge is -2.24. The Hall–Kier alpha value is -0.260. The molecule has 0 atom stereocenters. The largest absolute Gasteiger partial charge is 0.377 e. The molecular weight excluding hydrogens is 384 g/mol. The van der Waals surface area contributed by atoms with Crippen LogP contribution in [0.2, 0.25) is 5.02 Å². The highest BCUT2D eigenvalue weighted by molar-refractivity contribution is 7.12. The van der Waals surface area contributed by atoms with Gasteiger partial charge in [-0.1, -0.05) is 90.6 Å². The van der Waals surface area contributed by atoms with E-state index in [1.165, 1.54) is 11.3 Å². The molecule has 2 aromatic rings. The molecule has 22 heavy (non-hydrogen) atoms. The summed E-state index contributed by atoms with van der Waals surface area (Å²) in [6.45, 7) is 6.87. The summed E-state index contributed by atoms with van der Waals surface area (Å²) in [6.07, 6.45) is 0. The van der Waals surface area contributed by atoms with Crippen LogP contribution in [0.5, 0.6) is 0 Å². The lowest BCUT2D eigenvalue weighted by Crippen LogP contribution is -2.15. The predicted octanol–water partition coefficient (Wildman–Crippen LogP) is 5.93. The minimum absolute atomic E-state index is 0.0307. The molecular formula is C14H15Cl4N3S. The normalized spacial score (nSPS) is 12.5. The summed E-state index contributed by atoms with van der Waals surface area (Å²) in [6, 6.07) is 5.85. The van der Waals surface area contributed by atoms with Crippen molar-refractivity contribution in [3.63, 3.8) is 0 Å². The van der Waals surface area contributed by atoms with Crippen LogP contribution in [-0.2, 0) is 15.8 Å². The molecule has 0 saturated carbocycles. The van der Waals surface area contributed by atoms with Crippen molar-refractivity contribution in [1.82, 2.24) is 10.2 Å². The Balaban J connectivity index is 2.20. The van der Waals surface area contributed by atoms with Crippen molar-refractivity contribution in [3.8, 4) is 0 Å². The highest BCUT2D eigenvalue weighted by Crippen LogP contribution is 2.40. The Morgan fingerprint density at radius 2 is 1.82 bits per heavy atom. The van der Waals surface area contributed by atoms with Gasteiger partial charge in [0.2, 0.25) is 3.79 Å². The van der Waals surface area contributed by atoms with Gasteiger partial charge in [-0.2, -0.15) is 0 Å². The van der Waals surface area contributed by atoms with Crippen LogP contribution in [0.15, 0.2) is 18.2 Å². The van der Waals surface area contributed by atoms with Crippen molar-refractivity contribution in [3.05, 3.63) is 38.8 Å². The van der Waals surface area contributed by atoms with Crippen LogP contribution in [0, 0.1) is 0 Å². The molecule has 1 aromatic heterocycles. The molecule has 0 radical (unpaired) electrons. The van der Waals surface area contributed by atoms with Crippen molar-refractivity contribution >= 4 is 63.4 Å². The van der Waals surface area contributed by atoms with Gasteiger partial charge in [-0.3, -0.25) is 0 Å². The molecule has 8 heteroatoms. The summed E-state index contributed by atoms with van der Waals surface area (Å²) >= 11 is 25.0. The molecule has 2 rings (SSSR count).